The monoisotopic (exact) mass is 260 g/mol. The van der Waals surface area contributed by atoms with Crippen LogP contribution in [0, 0.1) is 0 Å². The number of hydrogen-bond acceptors (Lipinski definition) is 3. The maximum atomic E-state index is 5.67. The molecule has 3 heteroatoms. The molecule has 0 saturated heterocycles. The predicted molar refractivity (Wildman–Crippen MR) is 79.1 cm³/mol. The summed E-state index contributed by atoms with van der Waals surface area (Å²) in [5, 5.41) is 3.20. The Balaban J connectivity index is 2.23. The van der Waals surface area contributed by atoms with Crippen molar-refractivity contribution in [1.29, 1.82) is 0 Å². The Morgan fingerprint density at radius 1 is 1.17 bits per heavy atom. The Labute approximate surface area is 113 Å². The number of benzene rings is 1. The van der Waals surface area contributed by atoms with Gasteiger partial charge >= 0.3 is 0 Å². The first-order chi connectivity index (χ1) is 8.61. The second-order valence-corrected chi connectivity index (χ2v) is 5.85. The zero-order valence-corrected chi connectivity index (χ0v) is 12.0. The van der Waals surface area contributed by atoms with E-state index in [-0.39, 0.29) is 0 Å². The molecule has 0 saturated carbocycles. The first-order valence-corrected chi connectivity index (χ1v) is 7.25. The van der Waals surface area contributed by atoms with E-state index >= 15 is 0 Å². The van der Waals surface area contributed by atoms with E-state index in [9.17, 15) is 0 Å². The van der Waals surface area contributed by atoms with Crippen LogP contribution in [0.4, 0.5) is 0 Å². The van der Waals surface area contributed by atoms with Crippen molar-refractivity contribution in [3.05, 3.63) is 40.9 Å². The number of thiazole rings is 1. The quantitative estimate of drug-likeness (QED) is 0.902. The van der Waals surface area contributed by atoms with Gasteiger partial charge in [-0.2, -0.15) is 0 Å². The van der Waals surface area contributed by atoms with Crippen molar-refractivity contribution in [1.82, 2.24) is 4.98 Å². The third kappa shape index (κ3) is 2.79. The van der Waals surface area contributed by atoms with Gasteiger partial charge in [-0.25, -0.2) is 4.98 Å². The summed E-state index contributed by atoms with van der Waals surface area (Å²) in [7, 11) is 0. The summed E-state index contributed by atoms with van der Waals surface area (Å²) in [4.78, 5) is 4.66. The van der Waals surface area contributed by atoms with Crippen LogP contribution in [-0.4, -0.2) is 11.5 Å². The normalized spacial score (nSPS) is 12.9. The minimum Gasteiger partial charge on any atom is -0.330 e. The lowest BCUT2D eigenvalue weighted by molar-refractivity contribution is 0.752. The molecule has 0 bridgehead atoms. The highest BCUT2D eigenvalue weighted by atomic mass is 32.1. The molecule has 2 nitrogen and oxygen atoms in total. The molecule has 0 aliphatic rings. The Kier molecular flexibility index (Phi) is 4.15. The van der Waals surface area contributed by atoms with Crippen LogP contribution in [0.2, 0.25) is 0 Å². The summed E-state index contributed by atoms with van der Waals surface area (Å²) >= 11 is 1.69. The van der Waals surface area contributed by atoms with Gasteiger partial charge < -0.3 is 5.73 Å². The van der Waals surface area contributed by atoms with Gasteiger partial charge in [0, 0.05) is 23.4 Å². The molecule has 0 radical (unpaired) electrons. The van der Waals surface area contributed by atoms with E-state index in [4.69, 9.17) is 5.73 Å². The molecule has 18 heavy (non-hydrogen) atoms. The fourth-order valence-electron chi connectivity index (χ4n) is 1.78. The minimum atomic E-state index is 0.338. The summed E-state index contributed by atoms with van der Waals surface area (Å²) < 4.78 is 0. The van der Waals surface area contributed by atoms with Crippen LogP contribution in [0.15, 0.2) is 29.6 Å². The largest absolute Gasteiger partial charge is 0.330 e. The van der Waals surface area contributed by atoms with Gasteiger partial charge in [-0.05, 0) is 11.5 Å². The first kappa shape index (κ1) is 13.2. The third-order valence-corrected chi connectivity index (χ3v) is 4.11. The molecule has 1 heterocycles. The molecule has 1 unspecified atom stereocenters. The molecule has 0 aliphatic carbocycles. The molecular weight excluding hydrogens is 240 g/mol. The van der Waals surface area contributed by atoms with Gasteiger partial charge in [-0.3, -0.25) is 0 Å². The first-order valence-electron chi connectivity index (χ1n) is 6.37. The van der Waals surface area contributed by atoms with Crippen molar-refractivity contribution in [2.24, 2.45) is 5.73 Å². The zero-order chi connectivity index (χ0) is 13.1. The molecule has 1 atom stereocenters. The lowest BCUT2D eigenvalue weighted by Gasteiger charge is -2.05. The van der Waals surface area contributed by atoms with Gasteiger partial charge in [-0.1, -0.05) is 45.0 Å². The van der Waals surface area contributed by atoms with Crippen molar-refractivity contribution in [3.63, 3.8) is 0 Å². The molecule has 1 aromatic heterocycles. The van der Waals surface area contributed by atoms with Crippen molar-refractivity contribution >= 4 is 11.3 Å². The van der Waals surface area contributed by atoms with Crippen LogP contribution >= 0.6 is 11.3 Å². The third-order valence-electron chi connectivity index (χ3n) is 3.20. The van der Waals surface area contributed by atoms with Crippen molar-refractivity contribution in [3.8, 4) is 10.6 Å². The van der Waals surface area contributed by atoms with E-state index in [1.165, 1.54) is 11.1 Å². The summed E-state index contributed by atoms with van der Waals surface area (Å²) in [6.07, 6.45) is 0. The average molecular weight is 260 g/mol. The predicted octanol–water partition coefficient (Wildman–Crippen LogP) is 4.00. The van der Waals surface area contributed by atoms with Gasteiger partial charge in [0.25, 0.3) is 0 Å². The van der Waals surface area contributed by atoms with Crippen molar-refractivity contribution in [2.45, 2.75) is 32.6 Å². The second kappa shape index (κ2) is 5.63. The molecule has 96 valence electrons. The zero-order valence-electron chi connectivity index (χ0n) is 11.2. The van der Waals surface area contributed by atoms with E-state index in [2.05, 4.69) is 55.4 Å². The van der Waals surface area contributed by atoms with E-state index in [1.807, 2.05) is 0 Å². The molecular formula is C15H20N2S. The number of rotatable bonds is 4. The van der Waals surface area contributed by atoms with Crippen LogP contribution in [0.25, 0.3) is 10.6 Å². The molecule has 0 amide bonds. The fourth-order valence-corrected chi connectivity index (χ4v) is 2.72. The van der Waals surface area contributed by atoms with E-state index < -0.39 is 0 Å². The smallest absolute Gasteiger partial charge is 0.123 e. The van der Waals surface area contributed by atoms with Crippen LogP contribution in [0.5, 0.6) is 0 Å². The van der Waals surface area contributed by atoms with Crippen LogP contribution in [0.1, 0.15) is 43.9 Å². The topological polar surface area (TPSA) is 38.9 Å². The SMILES string of the molecule is CC(C)c1ccc(-c2nc(C(C)CN)cs2)cc1. The Morgan fingerprint density at radius 3 is 2.39 bits per heavy atom. The number of aromatic nitrogens is 1. The number of nitrogens with zero attached hydrogens (tertiary/aromatic N) is 1. The maximum absolute atomic E-state index is 5.67. The van der Waals surface area contributed by atoms with Crippen molar-refractivity contribution in [2.75, 3.05) is 6.54 Å². The van der Waals surface area contributed by atoms with E-state index in [0.717, 1.165) is 10.7 Å². The average Bonchev–Trinajstić information content (AvgIpc) is 2.87. The Bertz CT molecular complexity index is 499. The highest BCUT2D eigenvalue weighted by Crippen LogP contribution is 2.27. The van der Waals surface area contributed by atoms with Gasteiger partial charge in [-0.15, -0.1) is 11.3 Å². The lowest BCUT2D eigenvalue weighted by atomic mass is 10.0. The minimum absolute atomic E-state index is 0.338. The van der Waals surface area contributed by atoms with Crippen molar-refractivity contribution < 1.29 is 0 Å². The van der Waals surface area contributed by atoms with E-state index in [1.54, 1.807) is 11.3 Å². The van der Waals surface area contributed by atoms with Gasteiger partial charge in [0.1, 0.15) is 5.01 Å². The molecule has 2 rings (SSSR count). The molecule has 0 fully saturated rings. The summed E-state index contributed by atoms with van der Waals surface area (Å²) in [5.41, 5.74) is 9.33. The molecule has 1 aromatic carbocycles. The van der Waals surface area contributed by atoms with Crippen LogP contribution in [0.3, 0.4) is 0 Å². The Hall–Kier alpha value is -1.19. The highest BCUT2D eigenvalue weighted by molar-refractivity contribution is 7.13. The summed E-state index contributed by atoms with van der Waals surface area (Å²) in [5.74, 6) is 0.910. The van der Waals surface area contributed by atoms with Gasteiger partial charge in [0.2, 0.25) is 0 Å². The summed E-state index contributed by atoms with van der Waals surface area (Å²) in [6, 6.07) is 8.69. The molecule has 0 aliphatic heterocycles. The van der Waals surface area contributed by atoms with E-state index in [0.29, 0.717) is 18.4 Å². The van der Waals surface area contributed by atoms with Gasteiger partial charge in [0.05, 0.1) is 5.69 Å². The summed E-state index contributed by atoms with van der Waals surface area (Å²) in [6.45, 7) is 7.18. The standard InChI is InChI=1S/C15H20N2S/c1-10(2)12-4-6-13(7-5-12)15-17-14(9-18-15)11(3)8-16/h4-7,9-11H,8,16H2,1-3H3. The molecule has 2 aromatic rings. The second-order valence-electron chi connectivity index (χ2n) is 4.99. The highest BCUT2D eigenvalue weighted by Gasteiger charge is 2.10. The molecule has 0 spiro atoms. The maximum Gasteiger partial charge on any atom is 0.123 e. The Morgan fingerprint density at radius 2 is 1.83 bits per heavy atom. The molecule has 2 N–H and O–H groups in total. The number of nitrogens with two attached hydrogens (primary N) is 1. The van der Waals surface area contributed by atoms with Crippen LogP contribution < -0.4 is 5.73 Å². The lowest BCUT2D eigenvalue weighted by Crippen LogP contribution is -2.08. The number of hydrogen-bond donors (Lipinski definition) is 1. The van der Waals surface area contributed by atoms with Gasteiger partial charge in [0.15, 0.2) is 0 Å². The van der Waals surface area contributed by atoms with Crippen LogP contribution in [-0.2, 0) is 0 Å². The fraction of sp³-hybridized carbons (Fsp3) is 0.400.